The Morgan fingerprint density at radius 3 is 2.32 bits per heavy atom. The van der Waals surface area contributed by atoms with Crippen molar-refractivity contribution < 1.29 is 66.3 Å². The van der Waals surface area contributed by atoms with Crippen molar-refractivity contribution in [2.24, 2.45) is 5.41 Å². The predicted molar refractivity (Wildman–Crippen MR) is 268 cm³/mol. The number of hydrogen-bond acceptors (Lipinski definition) is 11. The lowest BCUT2D eigenvalue weighted by molar-refractivity contribution is -0.155. The molecule has 4 atom stereocenters. The summed E-state index contributed by atoms with van der Waals surface area (Å²) in [4.78, 5) is 145. The number of piperidine rings is 2. The highest BCUT2D eigenvalue weighted by Gasteiger charge is 2.51. The average molecular weight is 1070 g/mol. The smallest absolute Gasteiger partial charge is 0.355 e. The molecule has 0 radical (unpaired) electrons. The van der Waals surface area contributed by atoms with E-state index in [1.165, 1.54) is 34.1 Å². The fraction of sp³-hybridized carbons (Fsp3) is 0.404. The van der Waals surface area contributed by atoms with E-state index in [1.54, 1.807) is 31.7 Å². The van der Waals surface area contributed by atoms with Crippen LogP contribution in [0.15, 0.2) is 72.8 Å². The SMILES string of the molecule is CC(C)(C)[C@H](NC(=O)c1cc2cc(C(F)(F)P(=O)(O)O)ccc2s1)C(=O)N1CCN(C(=O)CC(=O)NCCC#Cc2ccc3c(c2)C(=O)N(C2CCC(=O)NC2=O)C3=O)C[C@H]1C(=O)N1CCC[C@H](c2ccccc2)C1. The van der Waals surface area contributed by atoms with E-state index in [0.717, 1.165) is 40.4 Å². The zero-order chi connectivity index (χ0) is 54.1. The van der Waals surface area contributed by atoms with Crippen LogP contribution in [-0.4, -0.2) is 140 Å². The number of fused-ring (bicyclic) bond motifs is 2. The summed E-state index contributed by atoms with van der Waals surface area (Å²) in [5.41, 5.74) is -4.77. The predicted octanol–water partition coefficient (Wildman–Crippen LogP) is 4.07. The average Bonchev–Trinajstić information content (AvgIpc) is 3.91. The molecule has 4 aromatic rings. The van der Waals surface area contributed by atoms with Crippen LogP contribution in [0.3, 0.4) is 0 Å². The summed E-state index contributed by atoms with van der Waals surface area (Å²) in [5, 5.41) is 7.72. The van der Waals surface area contributed by atoms with Gasteiger partial charge in [-0.2, -0.15) is 8.78 Å². The van der Waals surface area contributed by atoms with Gasteiger partial charge < -0.3 is 35.1 Å². The summed E-state index contributed by atoms with van der Waals surface area (Å²) in [6.45, 7) is 5.48. The number of thiophene rings is 1. The molecule has 1 aromatic heterocycles. The number of imide groups is 2. The third kappa shape index (κ3) is 11.6. The monoisotopic (exact) mass is 1070 g/mol. The Morgan fingerprint density at radius 2 is 1.61 bits per heavy atom. The van der Waals surface area contributed by atoms with Gasteiger partial charge in [0.2, 0.25) is 35.4 Å². The van der Waals surface area contributed by atoms with Crippen LogP contribution in [0.25, 0.3) is 10.1 Å². The van der Waals surface area contributed by atoms with Crippen LogP contribution in [-0.2, 0) is 39.0 Å². The van der Waals surface area contributed by atoms with Crippen molar-refractivity contribution >= 4 is 82.2 Å². The Kier molecular flexibility index (Phi) is 15.6. The molecular formula is C52H54F2N7O12PS. The van der Waals surface area contributed by atoms with Gasteiger partial charge in [0.05, 0.1) is 22.5 Å². The number of piperazine rings is 1. The third-order valence-corrected chi connectivity index (χ3v) is 15.8. The van der Waals surface area contributed by atoms with Crippen molar-refractivity contribution in [2.75, 3.05) is 39.3 Å². The molecule has 5 heterocycles. The van der Waals surface area contributed by atoms with Crippen molar-refractivity contribution in [3.63, 3.8) is 0 Å². The van der Waals surface area contributed by atoms with Crippen molar-refractivity contribution in [2.45, 2.75) is 89.0 Å². The van der Waals surface area contributed by atoms with Crippen molar-refractivity contribution in [3.8, 4) is 11.8 Å². The van der Waals surface area contributed by atoms with Gasteiger partial charge in [-0.05, 0) is 72.0 Å². The zero-order valence-electron chi connectivity index (χ0n) is 41.1. The molecular weight excluding hydrogens is 1020 g/mol. The maximum atomic E-state index is 14.9. The van der Waals surface area contributed by atoms with E-state index in [0.29, 0.717) is 29.8 Å². The molecule has 23 heteroatoms. The topological polar surface area (TPSA) is 260 Å². The summed E-state index contributed by atoms with van der Waals surface area (Å²) in [7, 11) is -5.87. The molecule has 0 aliphatic carbocycles. The van der Waals surface area contributed by atoms with Crippen LogP contribution in [0.4, 0.5) is 8.78 Å². The third-order valence-electron chi connectivity index (χ3n) is 13.7. The minimum absolute atomic E-state index is 0.00545. The van der Waals surface area contributed by atoms with Gasteiger partial charge in [-0.1, -0.05) is 69.0 Å². The summed E-state index contributed by atoms with van der Waals surface area (Å²) < 4.78 is 41.1. The number of rotatable bonds is 12. The van der Waals surface area contributed by atoms with E-state index in [9.17, 15) is 66.3 Å². The quantitative estimate of drug-likeness (QED) is 0.0443. The van der Waals surface area contributed by atoms with Crippen molar-refractivity contribution in [3.05, 3.63) is 105 Å². The lowest BCUT2D eigenvalue weighted by atomic mass is 9.85. The van der Waals surface area contributed by atoms with Gasteiger partial charge in [0.1, 0.15) is 24.5 Å². The lowest BCUT2D eigenvalue weighted by Crippen LogP contribution is -2.66. The van der Waals surface area contributed by atoms with Crippen molar-refractivity contribution in [1.29, 1.82) is 0 Å². The Bertz CT molecular complexity index is 3130. The molecule has 0 spiro atoms. The Morgan fingerprint density at radius 1 is 0.880 bits per heavy atom. The highest BCUT2D eigenvalue weighted by molar-refractivity contribution is 7.52. The normalized spacial score (nSPS) is 19.7. The van der Waals surface area contributed by atoms with Gasteiger partial charge in [0.25, 0.3) is 17.7 Å². The van der Waals surface area contributed by atoms with Crippen LogP contribution < -0.4 is 16.0 Å². The Balaban J connectivity index is 0.928. The Hall–Kier alpha value is -7.18. The molecule has 5 N–H and O–H groups in total. The molecule has 75 heavy (non-hydrogen) atoms. The Labute approximate surface area is 433 Å². The molecule has 394 valence electrons. The standard InChI is InChI=1S/C52H54F2N7O12PS/c1-51(2,3)44(57-46(66)40-26-33-25-34(15-18-39(33)75-40)52(53,54)74(71,72)73)50(70)60-23-22-58(29-38(60)49(69)59-21-9-13-32(28-59)31-11-5-4-6-12-31)43(64)27-42(63)55-20-8-7-10-30-14-16-35-36(24-30)48(68)61(47(35)67)37-17-19-41(62)56-45(37)65/h4-6,11-12,14-16,18,24-26,32,37-38,44H,8-9,13,17,19-23,27-29H2,1-3H3,(H,55,63)(H,57,66)(H,56,62,65)(H2,71,72,73)/t32-,37?,38-,44+/m0/s1. The van der Waals surface area contributed by atoms with Crippen molar-refractivity contribution in [1.82, 2.24) is 35.6 Å². The van der Waals surface area contributed by atoms with E-state index in [4.69, 9.17) is 0 Å². The zero-order valence-corrected chi connectivity index (χ0v) is 42.8. The summed E-state index contributed by atoms with van der Waals surface area (Å²) in [6.07, 6.45) is 1.05. The van der Waals surface area contributed by atoms with Gasteiger partial charge in [-0.3, -0.25) is 57.9 Å². The first-order valence-corrected chi connectivity index (χ1v) is 26.7. The molecule has 4 aliphatic rings. The number of halogens is 2. The maximum absolute atomic E-state index is 14.9. The second-order valence-electron chi connectivity index (χ2n) is 19.9. The molecule has 0 bridgehead atoms. The molecule has 4 aliphatic heterocycles. The van der Waals surface area contributed by atoms with E-state index in [2.05, 4.69) is 27.8 Å². The summed E-state index contributed by atoms with van der Waals surface area (Å²) >= 11 is 0.919. The molecule has 3 saturated heterocycles. The highest BCUT2D eigenvalue weighted by atomic mass is 32.1. The minimum Gasteiger partial charge on any atom is -0.355 e. The van der Waals surface area contributed by atoms with Crippen LogP contribution in [0, 0.1) is 17.3 Å². The van der Waals surface area contributed by atoms with E-state index >= 15 is 0 Å². The number of hydrogen-bond donors (Lipinski definition) is 5. The van der Waals surface area contributed by atoms with Crippen LogP contribution >= 0.6 is 18.9 Å². The highest BCUT2D eigenvalue weighted by Crippen LogP contribution is 2.59. The second kappa shape index (κ2) is 21.6. The van der Waals surface area contributed by atoms with E-state index in [1.807, 2.05) is 30.3 Å². The molecule has 19 nitrogen and oxygen atoms in total. The minimum atomic E-state index is -5.87. The first-order chi connectivity index (χ1) is 35.4. The van der Waals surface area contributed by atoms with Crippen LogP contribution in [0.2, 0.25) is 0 Å². The lowest BCUT2D eigenvalue weighted by Gasteiger charge is -2.45. The fourth-order valence-electron chi connectivity index (χ4n) is 9.69. The van der Waals surface area contributed by atoms with Gasteiger partial charge in [0, 0.05) is 67.3 Å². The van der Waals surface area contributed by atoms with Crippen LogP contribution in [0.5, 0.6) is 0 Å². The summed E-state index contributed by atoms with van der Waals surface area (Å²) in [6, 6.07) is 14.8. The van der Waals surface area contributed by atoms with Gasteiger partial charge in [-0.25, -0.2) is 0 Å². The molecule has 0 saturated carbocycles. The summed E-state index contributed by atoms with van der Waals surface area (Å²) in [5.74, 6) is 0.258. The maximum Gasteiger partial charge on any atom is 0.399 e. The number of nitrogens with one attached hydrogen (secondary N) is 3. The molecule has 8 rings (SSSR count). The molecule has 3 aromatic carbocycles. The number of nitrogens with zero attached hydrogens (tertiary/aromatic N) is 4. The number of likely N-dealkylation sites (tertiary alicyclic amines) is 1. The number of carbonyl (C=O) groups excluding carboxylic acids is 9. The van der Waals surface area contributed by atoms with Crippen LogP contribution in [0.1, 0.15) is 112 Å². The first-order valence-electron chi connectivity index (χ1n) is 24.2. The number of alkyl halides is 2. The molecule has 1 unspecified atom stereocenters. The largest absolute Gasteiger partial charge is 0.399 e. The first kappa shape index (κ1) is 54.1. The van der Waals surface area contributed by atoms with Gasteiger partial charge in [-0.15, -0.1) is 11.3 Å². The number of carbonyl (C=O) groups is 9. The van der Waals surface area contributed by atoms with Gasteiger partial charge in [0.15, 0.2) is 0 Å². The van der Waals surface area contributed by atoms with E-state index in [-0.39, 0.29) is 72.7 Å². The second-order valence-corrected chi connectivity index (χ2v) is 22.7. The fourth-order valence-corrected chi connectivity index (χ4v) is 11.1. The van der Waals surface area contributed by atoms with E-state index < -0.39 is 102 Å². The number of benzene rings is 3. The van der Waals surface area contributed by atoms with Gasteiger partial charge >= 0.3 is 13.3 Å². The number of amides is 9. The molecule has 3 fully saturated rings. The molecule has 9 amide bonds.